The van der Waals surface area contributed by atoms with Crippen LogP contribution in [0.15, 0.2) is 16.3 Å². The number of rotatable bonds is 9. The van der Waals surface area contributed by atoms with Gasteiger partial charge < -0.3 is 5.32 Å². The molecule has 0 radical (unpaired) electrons. The topological polar surface area (TPSA) is 58.2 Å². The zero-order valence-corrected chi connectivity index (χ0v) is 14.5. The fourth-order valence-electron chi connectivity index (χ4n) is 2.12. The summed E-state index contributed by atoms with van der Waals surface area (Å²) in [5.41, 5.74) is -0.401. The minimum Gasteiger partial charge on any atom is -0.317 e. The number of thiophene rings is 1. The van der Waals surface area contributed by atoms with E-state index < -0.39 is 15.6 Å². The van der Waals surface area contributed by atoms with Crippen LogP contribution in [0.1, 0.15) is 45.4 Å². The molecular weight excluding hydrogens is 292 g/mol. The first kappa shape index (κ1) is 17.6. The molecule has 0 fully saturated rings. The summed E-state index contributed by atoms with van der Waals surface area (Å²) in [4.78, 5) is 1.10. The Kier molecular flexibility index (Phi) is 6.64. The quantitative estimate of drug-likeness (QED) is 0.688. The van der Waals surface area contributed by atoms with E-state index in [0.717, 1.165) is 37.2 Å². The molecule has 0 unspecified atom stereocenters. The van der Waals surface area contributed by atoms with Crippen molar-refractivity contribution in [1.82, 2.24) is 10.0 Å². The smallest absolute Gasteiger partial charge is 0.250 e. The summed E-state index contributed by atoms with van der Waals surface area (Å²) in [6.45, 7) is 9.78. The zero-order chi connectivity index (χ0) is 15.2. The molecular formula is C14H26N2O2S2. The first-order valence-electron chi connectivity index (χ1n) is 7.14. The summed E-state index contributed by atoms with van der Waals surface area (Å²) in [6, 6.07) is 3.61. The molecule has 1 aromatic heterocycles. The van der Waals surface area contributed by atoms with Crippen LogP contribution in [0.2, 0.25) is 0 Å². The third-order valence-electron chi connectivity index (χ3n) is 2.99. The van der Waals surface area contributed by atoms with Crippen molar-refractivity contribution in [3.63, 3.8) is 0 Å². The van der Waals surface area contributed by atoms with E-state index in [4.69, 9.17) is 0 Å². The lowest BCUT2D eigenvalue weighted by Gasteiger charge is -2.24. The van der Waals surface area contributed by atoms with Gasteiger partial charge in [0.2, 0.25) is 0 Å². The van der Waals surface area contributed by atoms with Gasteiger partial charge >= 0.3 is 0 Å². The van der Waals surface area contributed by atoms with Crippen LogP contribution in [0.3, 0.4) is 0 Å². The molecule has 0 bridgehead atoms. The molecule has 6 heteroatoms. The molecule has 20 heavy (non-hydrogen) atoms. The molecule has 0 aromatic carbocycles. The van der Waals surface area contributed by atoms with Gasteiger partial charge in [-0.25, -0.2) is 13.1 Å². The fourth-order valence-corrected chi connectivity index (χ4v) is 4.91. The molecule has 0 spiro atoms. The SMILES string of the molecule is CCCC(C)(C)NS(=O)(=O)c1ccc(CCNCC)s1. The van der Waals surface area contributed by atoms with Crippen LogP contribution in [0, 0.1) is 0 Å². The molecule has 0 saturated heterocycles. The lowest BCUT2D eigenvalue weighted by atomic mass is 10.0. The van der Waals surface area contributed by atoms with Crippen LogP contribution in [0.5, 0.6) is 0 Å². The maximum atomic E-state index is 12.3. The summed E-state index contributed by atoms with van der Waals surface area (Å²) in [6.07, 6.45) is 2.64. The van der Waals surface area contributed by atoms with Crippen LogP contribution >= 0.6 is 11.3 Å². The molecule has 1 aromatic rings. The second-order valence-electron chi connectivity index (χ2n) is 5.56. The summed E-state index contributed by atoms with van der Waals surface area (Å²) < 4.78 is 27.9. The normalized spacial score (nSPS) is 12.8. The lowest BCUT2D eigenvalue weighted by molar-refractivity contribution is 0.418. The standard InChI is InChI=1S/C14H26N2O2S2/c1-5-10-14(3,4)16-20(17,18)13-8-7-12(19-13)9-11-15-6-2/h7-8,15-16H,5-6,9-11H2,1-4H3. The van der Waals surface area contributed by atoms with E-state index in [1.807, 2.05) is 19.9 Å². The van der Waals surface area contributed by atoms with Crippen LogP contribution in [-0.2, 0) is 16.4 Å². The zero-order valence-electron chi connectivity index (χ0n) is 12.8. The van der Waals surface area contributed by atoms with Crippen molar-refractivity contribution in [2.45, 2.75) is 56.7 Å². The Hall–Kier alpha value is -0.430. The summed E-state index contributed by atoms with van der Waals surface area (Å²) in [7, 11) is -3.40. The van der Waals surface area contributed by atoms with E-state index in [1.165, 1.54) is 11.3 Å². The van der Waals surface area contributed by atoms with Gasteiger partial charge in [-0.3, -0.25) is 0 Å². The third-order valence-corrected chi connectivity index (χ3v) is 6.32. The molecule has 0 saturated carbocycles. The lowest BCUT2D eigenvalue weighted by Crippen LogP contribution is -2.42. The van der Waals surface area contributed by atoms with E-state index in [2.05, 4.69) is 23.9 Å². The van der Waals surface area contributed by atoms with Crippen molar-refractivity contribution in [1.29, 1.82) is 0 Å². The Morgan fingerprint density at radius 2 is 1.95 bits per heavy atom. The first-order chi connectivity index (χ1) is 9.30. The van der Waals surface area contributed by atoms with Crippen LogP contribution in [0.25, 0.3) is 0 Å². The molecule has 116 valence electrons. The van der Waals surface area contributed by atoms with Crippen molar-refractivity contribution < 1.29 is 8.42 Å². The molecule has 4 nitrogen and oxygen atoms in total. The van der Waals surface area contributed by atoms with E-state index >= 15 is 0 Å². The Balaban J connectivity index is 2.73. The number of hydrogen-bond donors (Lipinski definition) is 2. The monoisotopic (exact) mass is 318 g/mol. The van der Waals surface area contributed by atoms with Gasteiger partial charge in [-0.2, -0.15) is 0 Å². The molecule has 0 aliphatic heterocycles. The Bertz CT molecular complexity index is 507. The minimum atomic E-state index is -3.40. The van der Waals surface area contributed by atoms with E-state index in [0.29, 0.717) is 4.21 Å². The molecule has 1 heterocycles. The molecule has 0 amide bonds. The highest BCUT2D eigenvalue weighted by atomic mass is 32.2. The van der Waals surface area contributed by atoms with Gasteiger partial charge in [-0.1, -0.05) is 20.3 Å². The van der Waals surface area contributed by atoms with Crippen molar-refractivity contribution >= 4 is 21.4 Å². The highest BCUT2D eigenvalue weighted by molar-refractivity contribution is 7.91. The van der Waals surface area contributed by atoms with Gasteiger partial charge in [0.15, 0.2) is 0 Å². The molecule has 0 aliphatic rings. The van der Waals surface area contributed by atoms with Crippen molar-refractivity contribution in [2.75, 3.05) is 13.1 Å². The van der Waals surface area contributed by atoms with Gasteiger partial charge in [0, 0.05) is 10.4 Å². The van der Waals surface area contributed by atoms with E-state index in [-0.39, 0.29) is 0 Å². The number of sulfonamides is 1. The molecule has 2 N–H and O–H groups in total. The maximum absolute atomic E-state index is 12.3. The average molecular weight is 319 g/mol. The Morgan fingerprint density at radius 3 is 2.55 bits per heavy atom. The van der Waals surface area contributed by atoms with Crippen molar-refractivity contribution in [3.05, 3.63) is 17.0 Å². The molecule has 0 aliphatic carbocycles. The minimum absolute atomic E-state index is 0.401. The summed E-state index contributed by atoms with van der Waals surface area (Å²) >= 11 is 1.36. The van der Waals surface area contributed by atoms with Crippen LogP contribution < -0.4 is 10.0 Å². The van der Waals surface area contributed by atoms with E-state index in [9.17, 15) is 8.42 Å². The predicted molar refractivity (Wildman–Crippen MR) is 85.9 cm³/mol. The highest BCUT2D eigenvalue weighted by Gasteiger charge is 2.26. The van der Waals surface area contributed by atoms with Gasteiger partial charge in [0.1, 0.15) is 4.21 Å². The van der Waals surface area contributed by atoms with Gasteiger partial charge in [-0.15, -0.1) is 11.3 Å². The number of hydrogen-bond acceptors (Lipinski definition) is 4. The van der Waals surface area contributed by atoms with Crippen LogP contribution in [-0.4, -0.2) is 27.0 Å². The van der Waals surface area contributed by atoms with Gasteiger partial charge in [-0.05, 0) is 51.9 Å². The van der Waals surface area contributed by atoms with E-state index in [1.54, 1.807) is 6.07 Å². The fraction of sp³-hybridized carbons (Fsp3) is 0.714. The second-order valence-corrected chi connectivity index (χ2v) is 8.64. The first-order valence-corrected chi connectivity index (χ1v) is 9.44. The highest BCUT2D eigenvalue weighted by Crippen LogP contribution is 2.24. The molecule has 1 rings (SSSR count). The second kappa shape index (κ2) is 7.54. The third kappa shape index (κ3) is 5.52. The largest absolute Gasteiger partial charge is 0.317 e. The number of nitrogens with one attached hydrogen (secondary N) is 2. The van der Waals surface area contributed by atoms with Crippen molar-refractivity contribution in [2.24, 2.45) is 0 Å². The summed E-state index contributed by atoms with van der Waals surface area (Å²) in [5, 5.41) is 3.24. The Labute approximate surface area is 127 Å². The van der Waals surface area contributed by atoms with Crippen molar-refractivity contribution in [3.8, 4) is 0 Å². The number of likely N-dealkylation sites (N-methyl/N-ethyl adjacent to an activating group) is 1. The Morgan fingerprint density at radius 1 is 1.25 bits per heavy atom. The maximum Gasteiger partial charge on any atom is 0.250 e. The van der Waals surface area contributed by atoms with Gasteiger partial charge in [0.05, 0.1) is 0 Å². The molecule has 0 atom stereocenters. The van der Waals surface area contributed by atoms with Crippen LogP contribution in [0.4, 0.5) is 0 Å². The summed E-state index contributed by atoms with van der Waals surface area (Å²) in [5.74, 6) is 0. The predicted octanol–water partition coefficient (Wildman–Crippen LogP) is 2.76. The van der Waals surface area contributed by atoms with Gasteiger partial charge in [0.25, 0.3) is 10.0 Å². The average Bonchev–Trinajstić information content (AvgIpc) is 2.77.